The average Bonchev–Trinajstić information content (AvgIpc) is 2.87. The second-order valence-electron chi connectivity index (χ2n) is 4.15. The molecule has 0 radical (unpaired) electrons. The molecule has 0 aromatic carbocycles. The Kier molecular flexibility index (Phi) is 3.65. The van der Waals surface area contributed by atoms with Gasteiger partial charge in [0.25, 0.3) is 0 Å². The second kappa shape index (κ2) is 5.06. The molecule has 0 aliphatic heterocycles. The summed E-state index contributed by atoms with van der Waals surface area (Å²) in [7, 11) is 3.67. The van der Waals surface area contributed by atoms with E-state index < -0.39 is 0 Å². The number of aryl methyl sites for hydroxylation is 3. The van der Waals surface area contributed by atoms with Crippen molar-refractivity contribution in [3.63, 3.8) is 0 Å². The molecule has 0 saturated heterocycles. The van der Waals surface area contributed by atoms with Crippen molar-refractivity contribution in [1.29, 1.82) is 0 Å². The number of Topliss-reactive ketones (excluding diaryl/α,β-unsaturated/α-hetero) is 1. The van der Waals surface area contributed by atoms with Gasteiger partial charge in [-0.2, -0.15) is 5.10 Å². The molecule has 96 valence electrons. The van der Waals surface area contributed by atoms with Crippen LogP contribution in [-0.2, 0) is 26.9 Å². The maximum absolute atomic E-state index is 12.2. The van der Waals surface area contributed by atoms with Crippen LogP contribution < -0.4 is 0 Å². The molecular weight excluding hydrogens is 296 g/mol. The van der Waals surface area contributed by atoms with Crippen LogP contribution in [0.15, 0.2) is 16.9 Å². The maximum atomic E-state index is 12.2. The molecule has 2 aromatic rings. The average molecular weight is 311 g/mol. The van der Waals surface area contributed by atoms with Crippen molar-refractivity contribution in [2.24, 2.45) is 14.1 Å². The third-order valence-corrected chi connectivity index (χ3v) is 3.82. The summed E-state index contributed by atoms with van der Waals surface area (Å²) in [5.41, 5.74) is 1.86. The molecule has 0 aliphatic carbocycles. The molecule has 2 heterocycles. The minimum absolute atomic E-state index is 0.00569. The highest BCUT2D eigenvalue weighted by Crippen LogP contribution is 2.22. The van der Waals surface area contributed by atoms with Crippen molar-refractivity contribution in [1.82, 2.24) is 19.3 Å². The molecule has 18 heavy (non-hydrogen) atoms. The van der Waals surface area contributed by atoms with Gasteiger partial charge in [0.1, 0.15) is 0 Å². The maximum Gasteiger partial charge on any atom is 0.204 e. The predicted molar refractivity (Wildman–Crippen MR) is 71.5 cm³/mol. The Morgan fingerprint density at radius 1 is 1.44 bits per heavy atom. The molecule has 2 rings (SSSR count). The van der Waals surface area contributed by atoms with Gasteiger partial charge in [0.05, 0.1) is 22.3 Å². The third kappa shape index (κ3) is 2.25. The van der Waals surface area contributed by atoms with Gasteiger partial charge < -0.3 is 4.57 Å². The molecule has 2 aromatic heterocycles. The lowest BCUT2D eigenvalue weighted by Crippen LogP contribution is -2.12. The SMILES string of the molecule is CCc1nn(C)c(CC(=O)c2nccn2C)c1Br. The van der Waals surface area contributed by atoms with Crippen molar-refractivity contribution < 1.29 is 4.79 Å². The number of imidazole rings is 1. The molecule has 0 N–H and O–H groups in total. The first-order valence-corrected chi connectivity index (χ1v) is 6.54. The van der Waals surface area contributed by atoms with Crippen LogP contribution in [0.2, 0.25) is 0 Å². The van der Waals surface area contributed by atoms with Crippen LogP contribution in [0.5, 0.6) is 0 Å². The molecule has 5 nitrogen and oxygen atoms in total. The summed E-state index contributed by atoms with van der Waals surface area (Å²) in [6.45, 7) is 2.04. The first-order chi connectivity index (χ1) is 8.54. The van der Waals surface area contributed by atoms with E-state index >= 15 is 0 Å². The smallest absolute Gasteiger partial charge is 0.204 e. The number of carbonyl (C=O) groups excluding carboxylic acids is 1. The van der Waals surface area contributed by atoms with Crippen LogP contribution in [0.25, 0.3) is 0 Å². The van der Waals surface area contributed by atoms with Gasteiger partial charge in [0.15, 0.2) is 5.82 Å². The van der Waals surface area contributed by atoms with Crippen LogP contribution in [0.1, 0.15) is 28.9 Å². The molecular formula is C12H15BrN4O. The minimum atomic E-state index is -0.00569. The monoisotopic (exact) mass is 310 g/mol. The van der Waals surface area contributed by atoms with Gasteiger partial charge in [0.2, 0.25) is 5.78 Å². The van der Waals surface area contributed by atoms with Crippen LogP contribution in [0.4, 0.5) is 0 Å². The number of rotatable bonds is 4. The Morgan fingerprint density at radius 2 is 2.17 bits per heavy atom. The first-order valence-electron chi connectivity index (χ1n) is 5.75. The van der Waals surface area contributed by atoms with Crippen molar-refractivity contribution in [3.8, 4) is 0 Å². The second-order valence-corrected chi connectivity index (χ2v) is 4.94. The van der Waals surface area contributed by atoms with Crippen molar-refractivity contribution in [2.75, 3.05) is 0 Å². The lowest BCUT2D eigenvalue weighted by Gasteiger charge is -2.03. The zero-order valence-corrected chi connectivity index (χ0v) is 12.2. The van der Waals surface area contributed by atoms with Crippen molar-refractivity contribution >= 4 is 21.7 Å². The van der Waals surface area contributed by atoms with Crippen LogP contribution >= 0.6 is 15.9 Å². The Labute approximate surface area is 114 Å². The number of nitrogens with zero attached hydrogens (tertiary/aromatic N) is 4. The van der Waals surface area contributed by atoms with Crippen LogP contribution in [0.3, 0.4) is 0 Å². The van der Waals surface area contributed by atoms with E-state index in [-0.39, 0.29) is 5.78 Å². The van der Waals surface area contributed by atoms with Crippen molar-refractivity contribution in [3.05, 3.63) is 34.1 Å². The number of carbonyl (C=O) groups is 1. The summed E-state index contributed by atoms with van der Waals surface area (Å²) < 4.78 is 4.41. The Hall–Kier alpha value is -1.43. The third-order valence-electron chi connectivity index (χ3n) is 2.90. The Morgan fingerprint density at radius 3 is 2.67 bits per heavy atom. The summed E-state index contributed by atoms with van der Waals surface area (Å²) in [4.78, 5) is 16.2. The normalized spacial score (nSPS) is 10.9. The highest BCUT2D eigenvalue weighted by Gasteiger charge is 2.18. The number of halogens is 1. The molecule has 6 heteroatoms. The van der Waals surface area contributed by atoms with Gasteiger partial charge in [-0.1, -0.05) is 6.92 Å². The molecule has 0 saturated carbocycles. The van der Waals surface area contributed by atoms with Gasteiger partial charge in [-0.25, -0.2) is 4.98 Å². The van der Waals surface area contributed by atoms with Gasteiger partial charge in [-0.3, -0.25) is 9.48 Å². The zero-order chi connectivity index (χ0) is 13.3. The predicted octanol–water partition coefficient (Wildman–Crippen LogP) is 1.90. The van der Waals surface area contributed by atoms with E-state index in [0.29, 0.717) is 12.2 Å². The van der Waals surface area contributed by atoms with E-state index in [4.69, 9.17) is 0 Å². The zero-order valence-electron chi connectivity index (χ0n) is 10.6. The molecule has 0 spiro atoms. The van der Waals surface area contributed by atoms with Gasteiger partial charge in [-0.05, 0) is 22.4 Å². The number of hydrogen-bond donors (Lipinski definition) is 0. The molecule has 0 amide bonds. The van der Waals surface area contributed by atoms with Gasteiger partial charge in [-0.15, -0.1) is 0 Å². The van der Waals surface area contributed by atoms with Crippen LogP contribution in [0, 0.1) is 0 Å². The highest BCUT2D eigenvalue weighted by atomic mass is 79.9. The Bertz CT molecular complexity index is 585. The van der Waals surface area contributed by atoms with E-state index in [0.717, 1.165) is 22.3 Å². The lowest BCUT2D eigenvalue weighted by molar-refractivity contribution is 0.0977. The number of hydrogen-bond acceptors (Lipinski definition) is 3. The lowest BCUT2D eigenvalue weighted by atomic mass is 10.2. The summed E-state index contributed by atoms with van der Waals surface area (Å²) in [5.74, 6) is 0.468. The minimum Gasteiger partial charge on any atom is -0.332 e. The van der Waals surface area contributed by atoms with E-state index in [9.17, 15) is 4.79 Å². The number of ketones is 1. The quantitative estimate of drug-likeness (QED) is 0.811. The molecule has 0 atom stereocenters. The van der Waals surface area contributed by atoms with E-state index in [1.54, 1.807) is 21.6 Å². The summed E-state index contributed by atoms with van der Waals surface area (Å²) in [6, 6.07) is 0. The molecule has 0 bridgehead atoms. The van der Waals surface area contributed by atoms with E-state index in [1.807, 2.05) is 21.0 Å². The highest BCUT2D eigenvalue weighted by molar-refractivity contribution is 9.10. The molecule has 0 fully saturated rings. The largest absolute Gasteiger partial charge is 0.332 e. The summed E-state index contributed by atoms with van der Waals surface area (Å²) in [5, 5.41) is 4.38. The van der Waals surface area contributed by atoms with Gasteiger partial charge >= 0.3 is 0 Å². The van der Waals surface area contributed by atoms with Crippen molar-refractivity contribution in [2.45, 2.75) is 19.8 Å². The standard InChI is InChI=1S/C12H15BrN4O/c1-4-8-11(13)9(17(3)15-8)7-10(18)12-14-5-6-16(12)2/h5-6H,4,7H2,1-3H3. The van der Waals surface area contributed by atoms with Crippen LogP contribution in [-0.4, -0.2) is 25.1 Å². The van der Waals surface area contributed by atoms with E-state index in [1.165, 1.54) is 0 Å². The fourth-order valence-corrected chi connectivity index (χ4v) is 2.63. The number of aromatic nitrogens is 4. The van der Waals surface area contributed by atoms with E-state index in [2.05, 4.69) is 26.0 Å². The Balaban J connectivity index is 2.27. The summed E-state index contributed by atoms with van der Waals surface area (Å²) in [6.07, 6.45) is 4.53. The molecule has 0 unspecified atom stereocenters. The summed E-state index contributed by atoms with van der Waals surface area (Å²) >= 11 is 3.51. The molecule has 0 aliphatic rings. The fraction of sp³-hybridized carbons (Fsp3) is 0.417. The topological polar surface area (TPSA) is 52.7 Å². The fourth-order valence-electron chi connectivity index (χ4n) is 1.88. The first kappa shape index (κ1) is 13.0. The van der Waals surface area contributed by atoms with Gasteiger partial charge in [0, 0.05) is 26.5 Å².